The Balaban J connectivity index is 2.44. The Morgan fingerprint density at radius 3 is 2.75 bits per heavy atom. The molecule has 2 atom stereocenters. The van der Waals surface area contributed by atoms with E-state index in [0.717, 1.165) is 10.8 Å². The summed E-state index contributed by atoms with van der Waals surface area (Å²) in [7, 11) is 0. The maximum atomic E-state index is 6.35. The molecule has 0 aromatic heterocycles. The molecule has 0 radical (unpaired) electrons. The predicted octanol–water partition coefficient (Wildman–Crippen LogP) is 3.92. The van der Waals surface area contributed by atoms with E-state index in [-0.39, 0.29) is 6.04 Å². The fraction of sp³-hybridized carbons (Fsp3) is 0.538. The molecule has 1 aromatic rings. The minimum absolute atomic E-state index is 0.117. The van der Waals surface area contributed by atoms with E-state index in [4.69, 9.17) is 17.3 Å². The molecule has 0 saturated heterocycles. The van der Waals surface area contributed by atoms with Crippen LogP contribution in [0.1, 0.15) is 36.6 Å². The van der Waals surface area contributed by atoms with E-state index in [1.807, 2.05) is 17.8 Å². The number of hydrogen-bond acceptors (Lipinski definition) is 2. The van der Waals surface area contributed by atoms with Crippen LogP contribution >= 0.6 is 23.4 Å². The van der Waals surface area contributed by atoms with Gasteiger partial charge in [-0.1, -0.05) is 31.5 Å². The van der Waals surface area contributed by atoms with Gasteiger partial charge in [0.1, 0.15) is 0 Å². The average molecular weight is 256 g/mol. The van der Waals surface area contributed by atoms with E-state index in [1.165, 1.54) is 16.7 Å². The van der Waals surface area contributed by atoms with Crippen molar-refractivity contribution >= 4 is 23.4 Å². The second-order valence-electron chi connectivity index (χ2n) is 4.86. The van der Waals surface area contributed by atoms with Crippen LogP contribution in [0.25, 0.3) is 0 Å². The first-order valence-corrected chi connectivity index (χ1v) is 7.09. The van der Waals surface area contributed by atoms with Crippen molar-refractivity contribution < 1.29 is 0 Å². The third kappa shape index (κ3) is 2.11. The minimum atomic E-state index is 0.117. The van der Waals surface area contributed by atoms with Gasteiger partial charge in [0, 0.05) is 22.1 Å². The maximum absolute atomic E-state index is 6.35. The number of hydrogen-bond donors (Lipinski definition) is 1. The van der Waals surface area contributed by atoms with Gasteiger partial charge in [0.05, 0.1) is 0 Å². The van der Waals surface area contributed by atoms with Gasteiger partial charge in [0.2, 0.25) is 0 Å². The van der Waals surface area contributed by atoms with E-state index < -0.39 is 0 Å². The van der Waals surface area contributed by atoms with Crippen LogP contribution in [0.4, 0.5) is 0 Å². The molecule has 2 unspecified atom stereocenters. The maximum Gasteiger partial charge on any atom is 0.0452 e. The molecule has 3 heteroatoms. The van der Waals surface area contributed by atoms with E-state index in [9.17, 15) is 0 Å². The molecule has 0 saturated carbocycles. The van der Waals surface area contributed by atoms with Gasteiger partial charge in [-0.2, -0.15) is 11.8 Å². The number of fused-ring (bicyclic) bond motifs is 1. The fourth-order valence-electron chi connectivity index (χ4n) is 2.32. The first kappa shape index (κ1) is 12.3. The zero-order chi connectivity index (χ0) is 11.9. The molecular formula is C13H18ClNS. The lowest BCUT2D eigenvalue weighted by atomic mass is 9.92. The van der Waals surface area contributed by atoms with Crippen LogP contribution in [0, 0.1) is 12.8 Å². The number of aryl methyl sites for hydroxylation is 1. The summed E-state index contributed by atoms with van der Waals surface area (Å²) in [5.74, 6) is 1.60. The van der Waals surface area contributed by atoms with Crippen molar-refractivity contribution in [1.82, 2.24) is 0 Å². The summed E-state index contributed by atoms with van der Waals surface area (Å²) in [4.78, 5) is 0. The largest absolute Gasteiger partial charge is 0.323 e. The molecule has 2 N–H and O–H groups in total. The predicted molar refractivity (Wildman–Crippen MR) is 73.0 cm³/mol. The third-order valence-corrected chi connectivity index (χ3v) is 5.18. The van der Waals surface area contributed by atoms with Gasteiger partial charge in [-0.25, -0.2) is 0 Å². The van der Waals surface area contributed by atoms with Crippen LogP contribution in [0.15, 0.2) is 12.1 Å². The second kappa shape index (κ2) is 4.59. The molecule has 1 heterocycles. The second-order valence-corrected chi connectivity index (χ2v) is 6.43. The Bertz CT molecular complexity index is 403. The summed E-state index contributed by atoms with van der Waals surface area (Å²) in [6, 6.07) is 4.34. The highest BCUT2D eigenvalue weighted by molar-refractivity contribution is 7.99. The number of nitrogens with two attached hydrogens (primary N) is 1. The number of rotatable bonds is 1. The van der Waals surface area contributed by atoms with E-state index in [0.29, 0.717) is 11.2 Å². The zero-order valence-electron chi connectivity index (χ0n) is 9.96. The van der Waals surface area contributed by atoms with Crippen molar-refractivity contribution in [3.63, 3.8) is 0 Å². The van der Waals surface area contributed by atoms with Crippen molar-refractivity contribution in [2.75, 3.05) is 0 Å². The normalized spacial score (nSPS) is 24.6. The van der Waals surface area contributed by atoms with Crippen LogP contribution in [-0.2, 0) is 5.75 Å². The van der Waals surface area contributed by atoms with Gasteiger partial charge in [-0.15, -0.1) is 0 Å². The molecule has 16 heavy (non-hydrogen) atoms. The van der Waals surface area contributed by atoms with Crippen LogP contribution in [-0.4, -0.2) is 5.25 Å². The smallest absolute Gasteiger partial charge is 0.0452 e. The zero-order valence-corrected chi connectivity index (χ0v) is 11.5. The van der Waals surface area contributed by atoms with Gasteiger partial charge >= 0.3 is 0 Å². The van der Waals surface area contributed by atoms with Crippen LogP contribution < -0.4 is 5.73 Å². The molecule has 1 nitrogen and oxygen atoms in total. The SMILES string of the molecule is Cc1cc(Cl)c2c(c1)C(N)C(C(C)C)SC2. The molecule has 1 aliphatic heterocycles. The Morgan fingerprint density at radius 1 is 1.44 bits per heavy atom. The van der Waals surface area contributed by atoms with Gasteiger partial charge in [-0.05, 0) is 35.6 Å². The van der Waals surface area contributed by atoms with Crippen molar-refractivity contribution in [2.24, 2.45) is 11.7 Å². The Hall–Kier alpha value is -0.180. The lowest BCUT2D eigenvalue weighted by Gasteiger charge is -2.34. The summed E-state index contributed by atoms with van der Waals surface area (Å²) >= 11 is 8.20. The summed E-state index contributed by atoms with van der Waals surface area (Å²) in [6.45, 7) is 6.55. The Labute approximate surface area is 107 Å². The number of thioether (sulfide) groups is 1. The summed E-state index contributed by atoms with van der Waals surface area (Å²) in [5, 5.41) is 1.38. The molecule has 1 aliphatic rings. The van der Waals surface area contributed by atoms with Crippen molar-refractivity contribution in [2.45, 2.75) is 37.8 Å². The topological polar surface area (TPSA) is 26.0 Å². The lowest BCUT2D eigenvalue weighted by molar-refractivity contribution is 0.520. The third-order valence-electron chi connectivity index (χ3n) is 3.16. The van der Waals surface area contributed by atoms with Gasteiger partial charge < -0.3 is 5.73 Å². The number of benzene rings is 1. The molecular weight excluding hydrogens is 238 g/mol. The van der Waals surface area contributed by atoms with Crippen molar-refractivity contribution in [3.05, 3.63) is 33.8 Å². The van der Waals surface area contributed by atoms with Gasteiger partial charge in [0.15, 0.2) is 0 Å². The summed E-state index contributed by atoms with van der Waals surface area (Å²) in [5.41, 5.74) is 10.0. The first-order chi connectivity index (χ1) is 7.50. The van der Waals surface area contributed by atoms with E-state index in [2.05, 4.69) is 26.8 Å². The molecule has 2 rings (SSSR count). The molecule has 0 amide bonds. The average Bonchev–Trinajstić information content (AvgIpc) is 2.19. The van der Waals surface area contributed by atoms with Gasteiger partial charge in [0.25, 0.3) is 0 Å². The van der Waals surface area contributed by atoms with Crippen LogP contribution in [0.5, 0.6) is 0 Å². The molecule has 1 aromatic carbocycles. The fourth-order valence-corrected chi connectivity index (χ4v) is 4.16. The highest BCUT2D eigenvalue weighted by Crippen LogP contribution is 2.42. The lowest BCUT2D eigenvalue weighted by Crippen LogP contribution is -2.32. The first-order valence-electron chi connectivity index (χ1n) is 5.66. The Kier molecular flexibility index (Phi) is 3.53. The molecule has 0 spiro atoms. The van der Waals surface area contributed by atoms with E-state index in [1.54, 1.807) is 0 Å². The van der Waals surface area contributed by atoms with E-state index >= 15 is 0 Å². The summed E-state index contributed by atoms with van der Waals surface area (Å²) < 4.78 is 0. The highest BCUT2D eigenvalue weighted by atomic mass is 35.5. The monoisotopic (exact) mass is 255 g/mol. The highest BCUT2D eigenvalue weighted by Gasteiger charge is 2.30. The molecule has 0 bridgehead atoms. The van der Waals surface area contributed by atoms with Crippen molar-refractivity contribution in [3.8, 4) is 0 Å². The number of halogens is 1. The van der Waals surface area contributed by atoms with Crippen molar-refractivity contribution in [1.29, 1.82) is 0 Å². The summed E-state index contributed by atoms with van der Waals surface area (Å²) in [6.07, 6.45) is 0. The van der Waals surface area contributed by atoms with Gasteiger partial charge in [-0.3, -0.25) is 0 Å². The molecule has 0 fully saturated rings. The molecule has 0 aliphatic carbocycles. The minimum Gasteiger partial charge on any atom is -0.323 e. The molecule has 88 valence electrons. The van der Waals surface area contributed by atoms with Crippen LogP contribution in [0.3, 0.4) is 0 Å². The Morgan fingerprint density at radius 2 is 2.12 bits per heavy atom. The quantitative estimate of drug-likeness (QED) is 0.823. The van der Waals surface area contributed by atoms with Crippen LogP contribution in [0.2, 0.25) is 5.02 Å². The standard InChI is InChI=1S/C13H18ClNS/c1-7(2)13-12(15)9-4-8(3)5-11(14)10(9)6-16-13/h4-5,7,12-13H,6,15H2,1-3H3.